The highest BCUT2D eigenvalue weighted by molar-refractivity contribution is 5.78. The minimum atomic E-state index is -0.459. The average Bonchev–Trinajstić information content (AvgIpc) is 2.40. The Balaban J connectivity index is 1.69. The zero-order chi connectivity index (χ0) is 15.3. The van der Waals surface area contributed by atoms with Crippen molar-refractivity contribution in [1.29, 1.82) is 0 Å². The topological polar surface area (TPSA) is 55.8 Å². The molecule has 1 aliphatic carbocycles. The Kier molecular flexibility index (Phi) is 6.02. The van der Waals surface area contributed by atoms with Gasteiger partial charge in [0.25, 0.3) is 0 Å². The number of nitrogens with zero attached hydrogens (tertiary/aromatic N) is 2. The second-order valence-electron chi connectivity index (χ2n) is 7.14. The second-order valence-corrected chi connectivity index (χ2v) is 7.14. The highest BCUT2D eigenvalue weighted by Gasteiger charge is 2.32. The number of hydrogen-bond donors (Lipinski definition) is 2. The van der Waals surface area contributed by atoms with Crippen molar-refractivity contribution in [1.82, 2.24) is 15.1 Å². The molecule has 5 nitrogen and oxygen atoms in total. The molecule has 122 valence electrons. The summed E-state index contributed by atoms with van der Waals surface area (Å²) in [5, 5.41) is 13.7. The maximum absolute atomic E-state index is 11.8. The predicted octanol–water partition coefficient (Wildman–Crippen LogP) is 0.824. The number of piperidine rings is 1. The van der Waals surface area contributed by atoms with Crippen LogP contribution < -0.4 is 5.32 Å². The summed E-state index contributed by atoms with van der Waals surface area (Å²) in [5.41, 5.74) is -0.459. The minimum Gasteiger partial charge on any atom is -0.389 e. The lowest BCUT2D eigenvalue weighted by molar-refractivity contribution is -0.122. The van der Waals surface area contributed by atoms with E-state index in [-0.39, 0.29) is 5.91 Å². The molecule has 2 aliphatic rings. The average molecular weight is 297 g/mol. The van der Waals surface area contributed by atoms with Gasteiger partial charge in [0.05, 0.1) is 12.1 Å². The SMILES string of the molecule is CN(C)CC(=O)NC1CCN(CC2(O)CCCCC2)CC1. The number of carbonyl (C=O) groups is 1. The van der Waals surface area contributed by atoms with Crippen LogP contribution in [0.1, 0.15) is 44.9 Å². The molecule has 5 heteroatoms. The van der Waals surface area contributed by atoms with Crippen LogP contribution in [0.4, 0.5) is 0 Å². The summed E-state index contributed by atoms with van der Waals surface area (Å²) in [4.78, 5) is 16.0. The van der Waals surface area contributed by atoms with E-state index in [1.54, 1.807) is 0 Å². The highest BCUT2D eigenvalue weighted by Crippen LogP contribution is 2.29. The fourth-order valence-corrected chi connectivity index (χ4v) is 3.58. The Bertz CT molecular complexity index is 332. The van der Waals surface area contributed by atoms with Gasteiger partial charge in [-0.1, -0.05) is 19.3 Å². The van der Waals surface area contributed by atoms with E-state index in [9.17, 15) is 9.90 Å². The van der Waals surface area contributed by atoms with E-state index in [1.165, 1.54) is 6.42 Å². The lowest BCUT2D eigenvalue weighted by Gasteiger charge is -2.40. The van der Waals surface area contributed by atoms with Gasteiger partial charge in [0.2, 0.25) is 5.91 Å². The zero-order valence-corrected chi connectivity index (χ0v) is 13.6. The number of aliphatic hydroxyl groups is 1. The van der Waals surface area contributed by atoms with Crippen LogP contribution in [0.3, 0.4) is 0 Å². The molecule has 0 atom stereocenters. The van der Waals surface area contributed by atoms with E-state index in [2.05, 4.69) is 10.2 Å². The zero-order valence-electron chi connectivity index (χ0n) is 13.6. The molecule has 1 aliphatic heterocycles. The molecule has 1 saturated heterocycles. The highest BCUT2D eigenvalue weighted by atomic mass is 16.3. The quantitative estimate of drug-likeness (QED) is 0.789. The van der Waals surface area contributed by atoms with Gasteiger partial charge < -0.3 is 20.2 Å². The molecule has 0 aromatic rings. The molecule has 0 unspecified atom stereocenters. The fraction of sp³-hybridized carbons (Fsp3) is 0.938. The molecule has 0 aromatic carbocycles. The first-order valence-electron chi connectivity index (χ1n) is 8.36. The van der Waals surface area contributed by atoms with Crippen LogP contribution in [0.15, 0.2) is 0 Å². The molecule has 2 rings (SSSR count). The summed E-state index contributed by atoms with van der Waals surface area (Å²) in [6, 6.07) is 0.301. The number of nitrogens with one attached hydrogen (secondary N) is 1. The first-order chi connectivity index (χ1) is 9.97. The van der Waals surface area contributed by atoms with Gasteiger partial charge >= 0.3 is 0 Å². The van der Waals surface area contributed by atoms with Crippen molar-refractivity contribution in [2.45, 2.75) is 56.6 Å². The summed E-state index contributed by atoms with van der Waals surface area (Å²) in [6.45, 7) is 3.23. The van der Waals surface area contributed by atoms with E-state index in [4.69, 9.17) is 0 Å². The fourth-order valence-electron chi connectivity index (χ4n) is 3.58. The lowest BCUT2D eigenvalue weighted by Crippen LogP contribution is -2.51. The van der Waals surface area contributed by atoms with Gasteiger partial charge in [-0.25, -0.2) is 0 Å². The van der Waals surface area contributed by atoms with Gasteiger partial charge in [-0.15, -0.1) is 0 Å². The number of likely N-dealkylation sites (N-methyl/N-ethyl adjacent to an activating group) is 1. The molecule has 0 bridgehead atoms. The van der Waals surface area contributed by atoms with Crippen LogP contribution in [0.2, 0.25) is 0 Å². The number of hydrogen-bond acceptors (Lipinski definition) is 4. The van der Waals surface area contributed by atoms with Crippen molar-refractivity contribution >= 4 is 5.91 Å². The number of β-amino-alcohol motifs (C(OH)–C–C–N with tert-alkyl or cyclic N) is 1. The number of carbonyl (C=O) groups excluding carboxylic acids is 1. The Morgan fingerprint density at radius 1 is 1.24 bits per heavy atom. The van der Waals surface area contributed by atoms with Crippen LogP contribution >= 0.6 is 0 Å². The molecule has 1 heterocycles. The number of amides is 1. The molecular weight excluding hydrogens is 266 g/mol. The smallest absolute Gasteiger partial charge is 0.234 e. The van der Waals surface area contributed by atoms with Crippen molar-refractivity contribution in [3.8, 4) is 0 Å². The van der Waals surface area contributed by atoms with Crippen LogP contribution in [-0.4, -0.2) is 72.7 Å². The van der Waals surface area contributed by atoms with Crippen LogP contribution in [0.5, 0.6) is 0 Å². The molecule has 2 fully saturated rings. The van der Waals surface area contributed by atoms with Crippen LogP contribution in [0, 0.1) is 0 Å². The molecular formula is C16H31N3O2. The van der Waals surface area contributed by atoms with Gasteiger partial charge in [-0.2, -0.15) is 0 Å². The van der Waals surface area contributed by atoms with Gasteiger partial charge in [0.15, 0.2) is 0 Å². The maximum Gasteiger partial charge on any atom is 0.234 e. The molecule has 1 saturated carbocycles. The van der Waals surface area contributed by atoms with E-state index in [0.29, 0.717) is 12.6 Å². The standard InChI is InChI=1S/C16H31N3O2/c1-18(2)12-15(20)17-14-6-10-19(11-7-14)13-16(21)8-4-3-5-9-16/h14,21H,3-13H2,1-2H3,(H,17,20). The van der Waals surface area contributed by atoms with Crippen LogP contribution in [0.25, 0.3) is 0 Å². The van der Waals surface area contributed by atoms with Gasteiger partial charge in [-0.3, -0.25) is 4.79 Å². The van der Waals surface area contributed by atoms with E-state index >= 15 is 0 Å². The first kappa shape index (κ1) is 16.7. The first-order valence-corrected chi connectivity index (χ1v) is 8.36. The van der Waals surface area contributed by atoms with Gasteiger partial charge in [0, 0.05) is 25.7 Å². The van der Waals surface area contributed by atoms with Gasteiger partial charge in [0.1, 0.15) is 0 Å². The van der Waals surface area contributed by atoms with E-state index in [1.807, 2.05) is 19.0 Å². The van der Waals surface area contributed by atoms with E-state index < -0.39 is 5.60 Å². The number of likely N-dealkylation sites (tertiary alicyclic amines) is 1. The normalized spacial score (nSPS) is 24.2. The van der Waals surface area contributed by atoms with Crippen molar-refractivity contribution in [3.05, 3.63) is 0 Å². The monoisotopic (exact) mass is 297 g/mol. The molecule has 0 aromatic heterocycles. The number of rotatable bonds is 5. The molecule has 2 N–H and O–H groups in total. The summed E-state index contributed by atoms with van der Waals surface area (Å²) in [7, 11) is 3.82. The predicted molar refractivity (Wildman–Crippen MR) is 84.2 cm³/mol. The summed E-state index contributed by atoms with van der Waals surface area (Å²) in [5.74, 6) is 0.115. The Hall–Kier alpha value is -0.650. The lowest BCUT2D eigenvalue weighted by atomic mass is 9.84. The van der Waals surface area contributed by atoms with E-state index in [0.717, 1.165) is 58.2 Å². The van der Waals surface area contributed by atoms with Crippen molar-refractivity contribution in [3.63, 3.8) is 0 Å². The van der Waals surface area contributed by atoms with Crippen molar-refractivity contribution < 1.29 is 9.90 Å². The molecule has 0 radical (unpaired) electrons. The van der Waals surface area contributed by atoms with Crippen molar-refractivity contribution in [2.24, 2.45) is 0 Å². The van der Waals surface area contributed by atoms with Crippen molar-refractivity contribution in [2.75, 3.05) is 40.3 Å². The second kappa shape index (κ2) is 7.56. The summed E-state index contributed by atoms with van der Waals surface area (Å²) in [6.07, 6.45) is 7.48. The van der Waals surface area contributed by atoms with Crippen LogP contribution in [-0.2, 0) is 4.79 Å². The third kappa shape index (κ3) is 5.57. The summed E-state index contributed by atoms with van der Waals surface area (Å²) >= 11 is 0. The molecule has 1 amide bonds. The molecule has 21 heavy (non-hydrogen) atoms. The molecule has 0 spiro atoms. The Morgan fingerprint density at radius 2 is 1.86 bits per heavy atom. The summed E-state index contributed by atoms with van der Waals surface area (Å²) < 4.78 is 0. The minimum absolute atomic E-state index is 0.115. The Morgan fingerprint density at radius 3 is 2.43 bits per heavy atom. The third-order valence-corrected chi connectivity index (χ3v) is 4.71. The largest absolute Gasteiger partial charge is 0.389 e. The maximum atomic E-state index is 11.8. The Labute approximate surface area is 128 Å². The third-order valence-electron chi connectivity index (χ3n) is 4.71. The van der Waals surface area contributed by atoms with Gasteiger partial charge in [-0.05, 0) is 39.8 Å².